The van der Waals surface area contributed by atoms with E-state index >= 15 is 0 Å². The van der Waals surface area contributed by atoms with Gasteiger partial charge in [-0.3, -0.25) is 4.79 Å². The van der Waals surface area contributed by atoms with Crippen molar-refractivity contribution >= 4 is 29.2 Å². The predicted octanol–water partition coefficient (Wildman–Crippen LogP) is 3.18. The number of hydrogen-bond donors (Lipinski definition) is 1. The first-order valence-corrected chi connectivity index (χ1v) is 7.11. The number of anilines is 1. The van der Waals surface area contributed by atoms with Gasteiger partial charge in [0.25, 0.3) is 5.91 Å². The molecule has 0 aliphatic heterocycles. The highest BCUT2D eigenvalue weighted by Gasteiger charge is 2.11. The molecule has 2 aromatic rings. The fourth-order valence-corrected chi connectivity index (χ4v) is 1.76. The molecule has 0 spiro atoms. The summed E-state index contributed by atoms with van der Waals surface area (Å²) in [4.78, 5) is 23.0. The number of esters is 1. The Kier molecular flexibility index (Phi) is 6.08. The van der Waals surface area contributed by atoms with Crippen LogP contribution in [0.3, 0.4) is 0 Å². The van der Waals surface area contributed by atoms with Crippen LogP contribution in [0.1, 0.15) is 0 Å². The number of carbonyl (C=O) groups excluding carboxylic acids is 2. The lowest BCUT2D eigenvalue weighted by Gasteiger charge is -2.08. The molecule has 0 heterocycles. The standard InChI is InChI=1S/C16H12ClF2NO4/c17-10-1-4-12(5-2-10)23-9-16(22)24-8-15(21)20-14-6-3-11(18)7-13(14)19/h1-7H,8-9H2,(H,20,21). The van der Waals surface area contributed by atoms with Crippen molar-refractivity contribution in [3.63, 3.8) is 0 Å². The maximum Gasteiger partial charge on any atom is 0.344 e. The lowest BCUT2D eigenvalue weighted by Crippen LogP contribution is -2.24. The number of halogens is 3. The number of carbonyl (C=O) groups is 2. The van der Waals surface area contributed by atoms with E-state index in [1.165, 1.54) is 0 Å². The van der Waals surface area contributed by atoms with E-state index in [4.69, 9.17) is 16.3 Å². The maximum absolute atomic E-state index is 13.4. The SMILES string of the molecule is O=C(COC(=O)COc1ccc(Cl)cc1)Nc1ccc(F)cc1F. The molecular formula is C16H12ClF2NO4. The number of hydrogen-bond acceptors (Lipinski definition) is 4. The van der Waals surface area contributed by atoms with Gasteiger partial charge in [0, 0.05) is 11.1 Å². The van der Waals surface area contributed by atoms with E-state index in [0.717, 1.165) is 12.1 Å². The highest BCUT2D eigenvalue weighted by Crippen LogP contribution is 2.16. The molecule has 1 amide bonds. The number of amides is 1. The molecule has 0 fully saturated rings. The molecule has 5 nitrogen and oxygen atoms in total. The van der Waals surface area contributed by atoms with Crippen molar-refractivity contribution in [2.24, 2.45) is 0 Å². The monoisotopic (exact) mass is 355 g/mol. The van der Waals surface area contributed by atoms with Crippen LogP contribution in [-0.4, -0.2) is 25.1 Å². The van der Waals surface area contributed by atoms with Gasteiger partial charge in [0.1, 0.15) is 17.4 Å². The summed E-state index contributed by atoms with van der Waals surface area (Å²) in [7, 11) is 0. The number of ether oxygens (including phenoxy) is 2. The van der Waals surface area contributed by atoms with Gasteiger partial charge in [-0.2, -0.15) is 0 Å². The average Bonchev–Trinajstić information content (AvgIpc) is 2.55. The Bertz CT molecular complexity index is 737. The predicted molar refractivity (Wildman–Crippen MR) is 82.9 cm³/mol. The van der Waals surface area contributed by atoms with E-state index in [-0.39, 0.29) is 5.69 Å². The Morgan fingerprint density at radius 3 is 2.42 bits per heavy atom. The third-order valence-electron chi connectivity index (χ3n) is 2.74. The maximum atomic E-state index is 13.4. The van der Waals surface area contributed by atoms with Crippen LogP contribution >= 0.6 is 11.6 Å². The molecule has 0 bridgehead atoms. The van der Waals surface area contributed by atoms with Crippen LogP contribution in [0.2, 0.25) is 5.02 Å². The van der Waals surface area contributed by atoms with Gasteiger partial charge >= 0.3 is 5.97 Å². The van der Waals surface area contributed by atoms with Gasteiger partial charge in [0.05, 0.1) is 5.69 Å². The summed E-state index contributed by atoms with van der Waals surface area (Å²) in [6.07, 6.45) is 0. The van der Waals surface area contributed by atoms with Crippen LogP contribution in [-0.2, 0) is 14.3 Å². The molecule has 0 aliphatic carbocycles. The van der Waals surface area contributed by atoms with Gasteiger partial charge < -0.3 is 14.8 Å². The minimum atomic E-state index is -0.930. The molecule has 2 rings (SSSR count). The highest BCUT2D eigenvalue weighted by molar-refractivity contribution is 6.30. The molecule has 0 aromatic heterocycles. The van der Waals surface area contributed by atoms with Crippen molar-refractivity contribution in [2.75, 3.05) is 18.5 Å². The van der Waals surface area contributed by atoms with Gasteiger partial charge in [-0.1, -0.05) is 11.6 Å². The smallest absolute Gasteiger partial charge is 0.344 e. The Morgan fingerprint density at radius 2 is 1.75 bits per heavy atom. The van der Waals surface area contributed by atoms with E-state index < -0.39 is 36.7 Å². The molecule has 0 radical (unpaired) electrons. The van der Waals surface area contributed by atoms with Crippen LogP contribution < -0.4 is 10.1 Å². The number of rotatable bonds is 6. The third-order valence-corrected chi connectivity index (χ3v) is 2.99. The van der Waals surface area contributed by atoms with Crippen molar-refractivity contribution in [2.45, 2.75) is 0 Å². The van der Waals surface area contributed by atoms with E-state index in [9.17, 15) is 18.4 Å². The summed E-state index contributed by atoms with van der Waals surface area (Å²) in [6, 6.07) is 9.00. The van der Waals surface area contributed by atoms with Crippen molar-refractivity contribution in [1.82, 2.24) is 0 Å². The summed E-state index contributed by atoms with van der Waals surface area (Å²) in [5, 5.41) is 2.68. The van der Waals surface area contributed by atoms with E-state index in [1.54, 1.807) is 24.3 Å². The molecular weight excluding hydrogens is 344 g/mol. The number of benzene rings is 2. The first-order chi connectivity index (χ1) is 11.4. The Hall–Kier alpha value is -2.67. The topological polar surface area (TPSA) is 64.6 Å². The van der Waals surface area contributed by atoms with Gasteiger partial charge in [0.2, 0.25) is 0 Å². The molecule has 126 valence electrons. The summed E-state index contributed by atoms with van der Waals surface area (Å²) in [5.41, 5.74) is -0.213. The van der Waals surface area contributed by atoms with Crippen molar-refractivity contribution in [1.29, 1.82) is 0 Å². The first-order valence-electron chi connectivity index (χ1n) is 6.73. The Morgan fingerprint density at radius 1 is 1.04 bits per heavy atom. The lowest BCUT2D eigenvalue weighted by molar-refractivity contribution is -0.149. The summed E-state index contributed by atoms with van der Waals surface area (Å²) < 4.78 is 35.9. The number of nitrogens with one attached hydrogen (secondary N) is 1. The van der Waals surface area contributed by atoms with Crippen molar-refractivity contribution < 1.29 is 27.8 Å². The molecule has 0 aliphatic rings. The normalized spacial score (nSPS) is 10.1. The minimum absolute atomic E-state index is 0.213. The van der Waals surface area contributed by atoms with Crippen LogP contribution in [0.15, 0.2) is 42.5 Å². The van der Waals surface area contributed by atoms with E-state index in [0.29, 0.717) is 16.8 Å². The quantitative estimate of drug-likeness (QED) is 0.808. The summed E-state index contributed by atoms with van der Waals surface area (Å²) >= 11 is 5.71. The largest absolute Gasteiger partial charge is 0.482 e. The molecule has 24 heavy (non-hydrogen) atoms. The van der Waals surface area contributed by atoms with Crippen molar-refractivity contribution in [3.05, 3.63) is 59.1 Å². The minimum Gasteiger partial charge on any atom is -0.482 e. The zero-order valence-electron chi connectivity index (χ0n) is 12.2. The molecule has 0 atom stereocenters. The molecule has 0 saturated carbocycles. The van der Waals surface area contributed by atoms with Gasteiger partial charge in [-0.15, -0.1) is 0 Å². The average molecular weight is 356 g/mol. The van der Waals surface area contributed by atoms with E-state index in [2.05, 4.69) is 10.1 Å². The fourth-order valence-electron chi connectivity index (χ4n) is 1.64. The van der Waals surface area contributed by atoms with Gasteiger partial charge in [-0.05, 0) is 36.4 Å². The second-order valence-corrected chi connectivity index (χ2v) is 5.01. The first kappa shape index (κ1) is 17.7. The van der Waals surface area contributed by atoms with Crippen LogP contribution in [0.25, 0.3) is 0 Å². The Labute approximate surface area is 141 Å². The summed E-state index contributed by atoms with van der Waals surface area (Å²) in [5.74, 6) is -2.83. The van der Waals surface area contributed by atoms with Crippen LogP contribution in [0.5, 0.6) is 5.75 Å². The van der Waals surface area contributed by atoms with Crippen molar-refractivity contribution in [3.8, 4) is 5.75 Å². The fraction of sp³-hybridized carbons (Fsp3) is 0.125. The molecule has 8 heteroatoms. The summed E-state index contributed by atoms with van der Waals surface area (Å²) in [6.45, 7) is -1.03. The second kappa shape index (κ2) is 8.26. The lowest BCUT2D eigenvalue weighted by atomic mass is 10.3. The molecule has 1 N–H and O–H groups in total. The van der Waals surface area contributed by atoms with E-state index in [1.807, 2.05) is 0 Å². The highest BCUT2D eigenvalue weighted by atomic mass is 35.5. The molecule has 0 saturated heterocycles. The molecule has 2 aromatic carbocycles. The molecule has 0 unspecified atom stereocenters. The Balaban J connectivity index is 1.74. The zero-order valence-corrected chi connectivity index (χ0v) is 13.0. The van der Waals surface area contributed by atoms with Gasteiger partial charge in [-0.25, -0.2) is 13.6 Å². The zero-order chi connectivity index (χ0) is 17.5. The second-order valence-electron chi connectivity index (χ2n) is 4.58. The van der Waals surface area contributed by atoms with Gasteiger partial charge in [0.15, 0.2) is 13.2 Å². The third kappa shape index (κ3) is 5.51. The van der Waals surface area contributed by atoms with Crippen LogP contribution in [0.4, 0.5) is 14.5 Å². The van der Waals surface area contributed by atoms with Crippen LogP contribution in [0, 0.1) is 11.6 Å².